The van der Waals surface area contributed by atoms with E-state index in [-0.39, 0.29) is 0 Å². The average molecular weight is 693 g/mol. The lowest BCUT2D eigenvalue weighted by molar-refractivity contribution is 0.266. The molecule has 0 aliphatic heterocycles. The lowest BCUT2D eigenvalue weighted by Gasteiger charge is -2.08. The largest absolute Gasteiger partial charge is 0.494 e. The minimum absolute atomic E-state index is 0.366. The third-order valence-electron chi connectivity index (χ3n) is 8.09. The van der Waals surface area contributed by atoms with E-state index in [1.54, 1.807) is 9.36 Å². The molecule has 4 aromatic heterocycles. The molecular formula is C36H32N14O2. The van der Waals surface area contributed by atoms with Crippen LogP contribution in [0.5, 0.6) is 11.5 Å². The first kappa shape index (κ1) is 32.1. The predicted octanol–water partition coefficient (Wildman–Crippen LogP) is 4.90. The third-order valence-corrected chi connectivity index (χ3v) is 8.09. The van der Waals surface area contributed by atoms with Crippen LogP contribution in [0.25, 0.3) is 45.6 Å². The summed E-state index contributed by atoms with van der Waals surface area (Å²) < 4.78 is 15.3. The molecule has 8 aromatic rings. The fourth-order valence-electron chi connectivity index (χ4n) is 5.47. The molecule has 0 spiro atoms. The fraction of sp³-hybridized carbons (Fsp3) is 0.167. The fourth-order valence-corrected chi connectivity index (χ4v) is 5.47. The summed E-state index contributed by atoms with van der Waals surface area (Å²) in [6, 6.07) is 35.0. The molecule has 0 aliphatic carbocycles. The number of ether oxygens (including phenoxy) is 2. The Hall–Kier alpha value is -7.10. The van der Waals surface area contributed by atoms with Gasteiger partial charge < -0.3 is 9.47 Å². The summed E-state index contributed by atoms with van der Waals surface area (Å²) in [5.41, 5.74) is 3.61. The number of nitrogens with one attached hydrogen (secondary N) is 2. The van der Waals surface area contributed by atoms with E-state index in [1.165, 1.54) is 0 Å². The molecule has 16 nitrogen and oxygen atoms in total. The highest BCUT2D eigenvalue weighted by Gasteiger charge is 2.14. The Morgan fingerprint density at radius 3 is 1.33 bits per heavy atom. The molecule has 16 heteroatoms. The highest BCUT2D eigenvalue weighted by molar-refractivity contribution is 5.58. The molecule has 0 aliphatic rings. The maximum atomic E-state index is 5.95. The number of unbranched alkanes of at least 4 members (excludes halogenated alkanes) is 1. The smallest absolute Gasteiger partial charge is 0.182 e. The van der Waals surface area contributed by atoms with Gasteiger partial charge >= 0.3 is 0 Å². The van der Waals surface area contributed by atoms with E-state index in [4.69, 9.17) is 9.47 Å². The average Bonchev–Trinajstić information content (AvgIpc) is 4.04. The maximum absolute atomic E-state index is 5.95. The van der Waals surface area contributed by atoms with Crippen LogP contribution in [0.15, 0.2) is 109 Å². The minimum Gasteiger partial charge on any atom is -0.494 e. The zero-order valence-electron chi connectivity index (χ0n) is 27.8. The molecule has 0 fully saturated rings. The van der Waals surface area contributed by atoms with Crippen LogP contribution >= 0.6 is 0 Å². The van der Waals surface area contributed by atoms with Gasteiger partial charge in [-0.25, -0.2) is 19.3 Å². The van der Waals surface area contributed by atoms with Gasteiger partial charge in [0.05, 0.1) is 13.2 Å². The first-order chi connectivity index (χ1) is 25.7. The lowest BCUT2D eigenvalue weighted by atomic mass is 10.2. The molecule has 0 bridgehead atoms. The van der Waals surface area contributed by atoms with Gasteiger partial charge in [0.25, 0.3) is 0 Å². The van der Waals surface area contributed by atoms with Crippen LogP contribution in [0, 0.1) is 0 Å². The number of rotatable bonds is 15. The molecule has 0 unspecified atom stereocenters. The van der Waals surface area contributed by atoms with Gasteiger partial charge in [0, 0.05) is 22.3 Å². The number of tetrazole rings is 2. The Labute approximate surface area is 296 Å². The van der Waals surface area contributed by atoms with E-state index in [0.717, 1.165) is 46.6 Å². The zero-order valence-corrected chi connectivity index (χ0v) is 27.8. The van der Waals surface area contributed by atoms with E-state index in [0.29, 0.717) is 61.2 Å². The lowest BCUT2D eigenvalue weighted by Crippen LogP contribution is -2.06. The van der Waals surface area contributed by atoms with Crippen molar-refractivity contribution < 1.29 is 9.47 Å². The van der Waals surface area contributed by atoms with E-state index >= 15 is 0 Å². The molecule has 4 aromatic carbocycles. The highest BCUT2D eigenvalue weighted by Crippen LogP contribution is 2.23. The van der Waals surface area contributed by atoms with Crippen LogP contribution < -0.4 is 9.47 Å². The summed E-state index contributed by atoms with van der Waals surface area (Å²) in [4.78, 5) is 9.27. The van der Waals surface area contributed by atoms with Crippen LogP contribution in [0.4, 0.5) is 0 Å². The highest BCUT2D eigenvalue weighted by atomic mass is 16.5. The first-order valence-corrected chi connectivity index (χ1v) is 16.7. The van der Waals surface area contributed by atoms with Crippen LogP contribution in [-0.2, 0) is 13.1 Å². The van der Waals surface area contributed by atoms with Crippen molar-refractivity contribution in [3.63, 3.8) is 0 Å². The number of hydrogen-bond acceptors (Lipinski definition) is 12. The summed E-state index contributed by atoms with van der Waals surface area (Å²) >= 11 is 0. The summed E-state index contributed by atoms with van der Waals surface area (Å²) in [7, 11) is 0. The summed E-state index contributed by atoms with van der Waals surface area (Å²) in [6.45, 7) is 1.89. The molecule has 8 rings (SSSR count). The standard InChI is InChI=1S/C36H32N14O2/c1-3-9-27(10-4-1)35-43-45-47-49(35)23-31-37-33(41-39-31)25-13-17-29(18-14-25)51-21-7-8-22-52-30-19-15-26(16-20-30)34-38-32(40-42-34)24-50-36(44-46-48-50)28-11-5-2-6-12-28/h1-6,9-20H,7-8,21-24H2,(H,37,39,41)(H,38,40,42). The van der Waals surface area contributed by atoms with Crippen LogP contribution in [0.1, 0.15) is 24.5 Å². The number of benzene rings is 4. The summed E-state index contributed by atoms with van der Waals surface area (Å²) in [5.74, 6) is 5.36. The summed E-state index contributed by atoms with van der Waals surface area (Å²) in [5, 5.41) is 38.9. The van der Waals surface area contributed by atoms with Crippen molar-refractivity contribution in [3.05, 3.63) is 121 Å². The van der Waals surface area contributed by atoms with Crippen molar-refractivity contribution in [1.29, 1.82) is 0 Å². The number of hydrogen-bond donors (Lipinski definition) is 2. The van der Waals surface area contributed by atoms with Crippen molar-refractivity contribution >= 4 is 0 Å². The molecule has 4 heterocycles. The molecule has 52 heavy (non-hydrogen) atoms. The van der Waals surface area contributed by atoms with Gasteiger partial charge in [0.1, 0.15) is 36.2 Å². The molecule has 258 valence electrons. The SMILES string of the molecule is c1ccc(-c2nnnn2Cc2nc(-c3ccc(OCCCCOc4ccc(-c5n[nH]c(Cn6nnnc6-c6ccccc6)n5)cc4)cc3)n[nH]2)cc1. The van der Waals surface area contributed by atoms with Gasteiger partial charge in [0.2, 0.25) is 0 Å². The Balaban J connectivity index is 0.759. The first-order valence-electron chi connectivity index (χ1n) is 16.7. The van der Waals surface area contributed by atoms with Gasteiger partial charge in [-0.05, 0) is 82.2 Å². The molecule has 0 atom stereocenters. The Kier molecular flexibility index (Phi) is 9.39. The summed E-state index contributed by atoms with van der Waals surface area (Å²) in [6.07, 6.45) is 1.69. The van der Waals surface area contributed by atoms with Crippen molar-refractivity contribution in [1.82, 2.24) is 70.8 Å². The normalized spacial score (nSPS) is 11.2. The molecule has 2 N–H and O–H groups in total. The Morgan fingerprint density at radius 2 is 0.904 bits per heavy atom. The van der Waals surface area contributed by atoms with Gasteiger partial charge in [-0.2, -0.15) is 10.2 Å². The van der Waals surface area contributed by atoms with Crippen molar-refractivity contribution in [2.45, 2.75) is 25.9 Å². The quantitative estimate of drug-likeness (QED) is 0.139. The number of aromatic nitrogens is 14. The van der Waals surface area contributed by atoms with Crippen LogP contribution in [-0.4, -0.2) is 84.0 Å². The minimum atomic E-state index is 0.366. The predicted molar refractivity (Wildman–Crippen MR) is 189 cm³/mol. The number of nitrogens with zero attached hydrogens (tertiary/aromatic N) is 12. The van der Waals surface area contributed by atoms with Crippen molar-refractivity contribution in [2.75, 3.05) is 13.2 Å². The topological polar surface area (TPSA) is 189 Å². The second kappa shape index (κ2) is 15.2. The number of H-pyrrole nitrogens is 2. The van der Waals surface area contributed by atoms with Crippen LogP contribution in [0.3, 0.4) is 0 Å². The van der Waals surface area contributed by atoms with E-state index in [2.05, 4.69) is 61.4 Å². The van der Waals surface area contributed by atoms with E-state index < -0.39 is 0 Å². The second-order valence-corrected chi connectivity index (χ2v) is 11.7. The van der Waals surface area contributed by atoms with Crippen LogP contribution in [0.2, 0.25) is 0 Å². The monoisotopic (exact) mass is 692 g/mol. The molecule has 0 radical (unpaired) electrons. The Bertz CT molecular complexity index is 2150. The van der Waals surface area contributed by atoms with E-state index in [1.807, 2.05) is 109 Å². The van der Waals surface area contributed by atoms with Crippen molar-refractivity contribution in [3.8, 4) is 57.1 Å². The third kappa shape index (κ3) is 7.55. The zero-order chi connectivity index (χ0) is 35.0. The number of aromatic amines is 2. The van der Waals surface area contributed by atoms with Crippen molar-refractivity contribution in [2.24, 2.45) is 0 Å². The molecule has 0 saturated heterocycles. The molecule has 0 saturated carbocycles. The van der Waals surface area contributed by atoms with Gasteiger partial charge in [-0.15, -0.1) is 10.2 Å². The van der Waals surface area contributed by atoms with E-state index in [9.17, 15) is 0 Å². The Morgan fingerprint density at radius 1 is 0.481 bits per heavy atom. The van der Waals surface area contributed by atoms with Gasteiger partial charge in [-0.1, -0.05) is 60.7 Å². The molecular weight excluding hydrogens is 660 g/mol. The maximum Gasteiger partial charge on any atom is 0.182 e. The molecule has 0 amide bonds. The van der Waals surface area contributed by atoms with Gasteiger partial charge in [-0.3, -0.25) is 10.2 Å². The second-order valence-electron chi connectivity index (χ2n) is 11.7. The van der Waals surface area contributed by atoms with Gasteiger partial charge in [0.15, 0.2) is 23.3 Å².